The van der Waals surface area contributed by atoms with E-state index in [1.165, 1.54) is 0 Å². The van der Waals surface area contributed by atoms with Gasteiger partial charge in [0.1, 0.15) is 0 Å². The first kappa shape index (κ1) is 13.3. The molecule has 1 saturated carbocycles. The third-order valence-corrected chi connectivity index (χ3v) is 4.24. The summed E-state index contributed by atoms with van der Waals surface area (Å²) in [6.07, 6.45) is 0.855. The van der Waals surface area contributed by atoms with E-state index in [1.807, 2.05) is 38.1 Å². The molecule has 3 rings (SSSR count). The quantitative estimate of drug-likeness (QED) is 0.896. The van der Waals surface area contributed by atoms with Crippen LogP contribution >= 0.6 is 0 Å². The van der Waals surface area contributed by atoms with Crippen molar-refractivity contribution in [3.8, 4) is 0 Å². The average molecular weight is 272 g/mol. The molecule has 0 spiro atoms. The minimum absolute atomic E-state index is 0.0221. The van der Waals surface area contributed by atoms with Gasteiger partial charge in [0, 0.05) is 30.3 Å². The number of aliphatic hydroxyl groups excluding tert-OH is 1. The molecule has 106 valence electrons. The first-order valence-electron chi connectivity index (χ1n) is 7.05. The standard InChI is InChI=1S/C16H20N2O2/c1-9-4-3-5-11-6-13(10(2)17)18(16(20)15(9)11)14-7-12(14)8-19/h3-6,10,12,14,19H,7-8,17H2,1-2H3. The largest absolute Gasteiger partial charge is 0.396 e. The zero-order valence-corrected chi connectivity index (χ0v) is 11.8. The van der Waals surface area contributed by atoms with Gasteiger partial charge in [0.25, 0.3) is 5.56 Å². The lowest BCUT2D eigenvalue weighted by Crippen LogP contribution is -2.27. The van der Waals surface area contributed by atoms with Gasteiger partial charge in [0.05, 0.1) is 5.39 Å². The summed E-state index contributed by atoms with van der Waals surface area (Å²) < 4.78 is 1.81. The number of aryl methyl sites for hydroxylation is 1. The molecule has 3 atom stereocenters. The van der Waals surface area contributed by atoms with Crippen molar-refractivity contribution >= 4 is 10.8 Å². The Kier molecular flexibility index (Phi) is 3.15. The van der Waals surface area contributed by atoms with Gasteiger partial charge in [-0.3, -0.25) is 4.79 Å². The molecule has 0 bridgehead atoms. The molecule has 2 aromatic rings. The number of nitrogens with zero attached hydrogens (tertiary/aromatic N) is 1. The normalized spacial score (nSPS) is 23.0. The zero-order valence-electron chi connectivity index (χ0n) is 11.8. The average Bonchev–Trinajstić information content (AvgIpc) is 3.17. The summed E-state index contributed by atoms with van der Waals surface area (Å²) in [5.41, 5.74) is 7.91. The van der Waals surface area contributed by atoms with Crippen LogP contribution in [0.15, 0.2) is 29.1 Å². The summed E-state index contributed by atoms with van der Waals surface area (Å²) in [4.78, 5) is 12.8. The van der Waals surface area contributed by atoms with Gasteiger partial charge in [-0.1, -0.05) is 18.2 Å². The SMILES string of the molecule is Cc1cccc2cc(C(C)N)n(C3CC3CO)c(=O)c12. The predicted molar refractivity (Wildman–Crippen MR) is 79.8 cm³/mol. The van der Waals surface area contributed by atoms with E-state index < -0.39 is 0 Å². The van der Waals surface area contributed by atoms with E-state index in [4.69, 9.17) is 5.73 Å². The van der Waals surface area contributed by atoms with Crippen LogP contribution in [0.3, 0.4) is 0 Å². The maximum absolute atomic E-state index is 12.8. The molecule has 3 N–H and O–H groups in total. The second-order valence-electron chi connectivity index (χ2n) is 5.82. The number of fused-ring (bicyclic) bond motifs is 1. The van der Waals surface area contributed by atoms with Gasteiger partial charge in [0.15, 0.2) is 0 Å². The van der Waals surface area contributed by atoms with E-state index >= 15 is 0 Å². The lowest BCUT2D eigenvalue weighted by molar-refractivity contribution is 0.268. The van der Waals surface area contributed by atoms with Crippen LogP contribution in [-0.2, 0) is 0 Å². The minimum Gasteiger partial charge on any atom is -0.396 e. The highest BCUT2D eigenvalue weighted by Gasteiger charge is 2.40. The number of hydrogen-bond donors (Lipinski definition) is 2. The second-order valence-corrected chi connectivity index (χ2v) is 5.82. The van der Waals surface area contributed by atoms with E-state index in [9.17, 15) is 9.90 Å². The molecule has 1 heterocycles. The highest BCUT2D eigenvalue weighted by atomic mass is 16.3. The number of nitrogens with two attached hydrogens (primary N) is 1. The lowest BCUT2D eigenvalue weighted by Gasteiger charge is -2.18. The summed E-state index contributed by atoms with van der Waals surface area (Å²) >= 11 is 0. The first-order chi connectivity index (χ1) is 9.54. The van der Waals surface area contributed by atoms with Crippen molar-refractivity contribution in [1.82, 2.24) is 4.57 Å². The number of rotatable bonds is 3. The molecule has 1 aliphatic rings. The van der Waals surface area contributed by atoms with Crippen LogP contribution < -0.4 is 11.3 Å². The zero-order chi connectivity index (χ0) is 14.4. The number of aromatic nitrogens is 1. The van der Waals surface area contributed by atoms with Crippen molar-refractivity contribution in [1.29, 1.82) is 0 Å². The number of pyridine rings is 1. The molecular formula is C16H20N2O2. The van der Waals surface area contributed by atoms with E-state index in [0.717, 1.165) is 28.5 Å². The van der Waals surface area contributed by atoms with E-state index in [0.29, 0.717) is 0 Å². The van der Waals surface area contributed by atoms with Gasteiger partial charge in [-0.15, -0.1) is 0 Å². The highest BCUT2D eigenvalue weighted by molar-refractivity contribution is 5.85. The number of hydrogen-bond acceptors (Lipinski definition) is 3. The van der Waals surface area contributed by atoms with Gasteiger partial charge < -0.3 is 15.4 Å². The van der Waals surface area contributed by atoms with Crippen LogP contribution in [0.4, 0.5) is 0 Å². The molecule has 4 heteroatoms. The topological polar surface area (TPSA) is 68.2 Å². The van der Waals surface area contributed by atoms with Crippen LogP contribution in [0, 0.1) is 12.8 Å². The van der Waals surface area contributed by atoms with Crippen LogP contribution in [0.25, 0.3) is 10.8 Å². The summed E-state index contributed by atoms with van der Waals surface area (Å²) in [5, 5.41) is 11.0. The monoisotopic (exact) mass is 272 g/mol. The van der Waals surface area contributed by atoms with E-state index in [-0.39, 0.29) is 30.2 Å². The number of benzene rings is 1. The Bertz CT molecular complexity index is 718. The molecule has 20 heavy (non-hydrogen) atoms. The van der Waals surface area contributed by atoms with Gasteiger partial charge in [0.2, 0.25) is 0 Å². The summed E-state index contributed by atoms with van der Waals surface area (Å²) in [5.74, 6) is 0.187. The van der Waals surface area contributed by atoms with E-state index in [2.05, 4.69) is 0 Å². The Hall–Kier alpha value is -1.65. The highest BCUT2D eigenvalue weighted by Crippen LogP contribution is 2.43. The van der Waals surface area contributed by atoms with Crippen molar-refractivity contribution in [2.75, 3.05) is 6.61 Å². The maximum Gasteiger partial charge on any atom is 0.259 e. The van der Waals surface area contributed by atoms with Crippen LogP contribution in [0.2, 0.25) is 0 Å². The second kappa shape index (κ2) is 4.72. The smallest absolute Gasteiger partial charge is 0.259 e. The van der Waals surface area contributed by atoms with Crippen LogP contribution in [-0.4, -0.2) is 16.3 Å². The predicted octanol–water partition coefficient (Wildman–Crippen LogP) is 1.88. The minimum atomic E-state index is -0.201. The Labute approximate surface area is 117 Å². The van der Waals surface area contributed by atoms with Crippen LogP contribution in [0.1, 0.15) is 36.7 Å². The molecule has 1 aliphatic carbocycles. The van der Waals surface area contributed by atoms with Gasteiger partial charge in [-0.2, -0.15) is 0 Å². The van der Waals surface area contributed by atoms with Crippen LogP contribution in [0.5, 0.6) is 0 Å². The summed E-state index contributed by atoms with van der Waals surface area (Å²) in [7, 11) is 0. The Morgan fingerprint density at radius 1 is 1.50 bits per heavy atom. The van der Waals surface area contributed by atoms with Gasteiger partial charge in [-0.05, 0) is 37.3 Å². The summed E-state index contributed by atoms with van der Waals surface area (Å²) in [6.45, 7) is 3.97. The molecular weight excluding hydrogens is 252 g/mol. The Morgan fingerprint density at radius 2 is 2.25 bits per heavy atom. The molecule has 1 aromatic heterocycles. The molecule has 4 nitrogen and oxygen atoms in total. The number of aliphatic hydroxyl groups is 1. The Balaban J connectivity index is 2.31. The van der Waals surface area contributed by atoms with Crippen molar-refractivity contribution < 1.29 is 5.11 Å². The van der Waals surface area contributed by atoms with Crippen molar-refractivity contribution in [2.24, 2.45) is 11.7 Å². The third kappa shape index (κ3) is 1.96. The fourth-order valence-electron chi connectivity index (χ4n) is 3.01. The molecule has 1 fully saturated rings. The Morgan fingerprint density at radius 3 is 2.85 bits per heavy atom. The molecule has 0 radical (unpaired) electrons. The van der Waals surface area contributed by atoms with Gasteiger partial charge >= 0.3 is 0 Å². The first-order valence-corrected chi connectivity index (χ1v) is 7.05. The molecule has 3 unspecified atom stereocenters. The third-order valence-electron chi connectivity index (χ3n) is 4.24. The van der Waals surface area contributed by atoms with Crippen molar-refractivity contribution in [2.45, 2.75) is 32.4 Å². The van der Waals surface area contributed by atoms with E-state index in [1.54, 1.807) is 4.57 Å². The maximum atomic E-state index is 12.8. The molecule has 0 amide bonds. The molecule has 0 saturated heterocycles. The van der Waals surface area contributed by atoms with Gasteiger partial charge in [-0.25, -0.2) is 0 Å². The van der Waals surface area contributed by atoms with Crippen molar-refractivity contribution in [3.05, 3.63) is 45.9 Å². The summed E-state index contributed by atoms with van der Waals surface area (Å²) in [6, 6.07) is 7.78. The lowest BCUT2D eigenvalue weighted by atomic mass is 10.0. The molecule has 0 aliphatic heterocycles. The fraction of sp³-hybridized carbons (Fsp3) is 0.438. The fourth-order valence-corrected chi connectivity index (χ4v) is 3.01. The molecule has 1 aromatic carbocycles. The van der Waals surface area contributed by atoms with Crippen molar-refractivity contribution in [3.63, 3.8) is 0 Å².